The average Bonchev–Trinajstić information content (AvgIpc) is 2.24. The van der Waals surface area contributed by atoms with Gasteiger partial charge in [0.2, 0.25) is 5.91 Å². The zero-order valence-corrected chi connectivity index (χ0v) is 11.4. The third kappa shape index (κ3) is 1.69. The lowest BCUT2D eigenvalue weighted by Crippen LogP contribution is -2.68. The van der Waals surface area contributed by atoms with Gasteiger partial charge < -0.3 is 5.11 Å². The van der Waals surface area contributed by atoms with Crippen LogP contribution in [0.25, 0.3) is 0 Å². The molecule has 1 saturated heterocycles. The molecule has 0 unspecified atom stereocenters. The summed E-state index contributed by atoms with van der Waals surface area (Å²) in [5.74, 6) is -2.40. The van der Waals surface area contributed by atoms with Crippen molar-refractivity contribution in [3.63, 3.8) is 0 Å². The predicted molar refractivity (Wildman–Crippen MR) is 62.5 cm³/mol. The summed E-state index contributed by atoms with van der Waals surface area (Å²) in [6.45, 7) is 0. The number of halogens is 2. The summed E-state index contributed by atoms with van der Waals surface area (Å²) in [7, 11) is -3.61. The Hall–Kier alpha value is -0.600. The lowest BCUT2D eigenvalue weighted by Gasteiger charge is -2.46. The summed E-state index contributed by atoms with van der Waals surface area (Å²) < 4.78 is 23.6. The van der Waals surface area contributed by atoms with Crippen LogP contribution in [0, 0.1) is 0 Å². The first-order valence-electron chi connectivity index (χ1n) is 4.51. The fraction of sp³-hybridized carbons (Fsp3) is 0.500. The van der Waals surface area contributed by atoms with Crippen molar-refractivity contribution in [3.05, 3.63) is 11.3 Å². The van der Waals surface area contributed by atoms with Gasteiger partial charge in [0.05, 0.1) is 5.75 Å². The molecular weight excluding hydrogens is 338 g/mol. The van der Waals surface area contributed by atoms with Crippen LogP contribution in [0.2, 0.25) is 0 Å². The van der Waals surface area contributed by atoms with E-state index in [1.807, 2.05) is 0 Å². The number of amides is 1. The first-order valence-corrected chi connectivity index (χ1v) is 7.78. The van der Waals surface area contributed by atoms with E-state index in [4.69, 9.17) is 16.7 Å². The van der Waals surface area contributed by atoms with E-state index >= 15 is 0 Å². The molecular formula is C8H7BrClNO5S. The predicted octanol–water partition coefficient (Wildman–Crippen LogP) is -0.0759. The monoisotopic (exact) mass is 343 g/mol. The van der Waals surface area contributed by atoms with Gasteiger partial charge in [-0.25, -0.2) is 13.2 Å². The second-order valence-corrected chi connectivity index (χ2v) is 6.83. The lowest BCUT2D eigenvalue weighted by molar-refractivity contribution is -0.145. The number of sulfone groups is 1. The third-order valence-corrected chi connectivity index (χ3v) is 5.88. The van der Waals surface area contributed by atoms with Crippen molar-refractivity contribution >= 4 is 49.2 Å². The van der Waals surface area contributed by atoms with E-state index in [1.54, 1.807) is 0 Å². The molecule has 0 saturated carbocycles. The summed E-state index contributed by atoms with van der Waals surface area (Å²) in [4.78, 5) is 23.3. The highest BCUT2D eigenvalue weighted by atomic mass is 79.9. The van der Waals surface area contributed by atoms with Gasteiger partial charge in [0.1, 0.15) is 11.1 Å². The Morgan fingerprint density at radius 3 is 2.65 bits per heavy atom. The second kappa shape index (κ2) is 3.96. The number of alkyl halides is 2. The molecule has 6 nitrogen and oxygen atoms in total. The number of hydrogen-bond acceptors (Lipinski definition) is 4. The second-order valence-electron chi connectivity index (χ2n) is 3.70. The minimum atomic E-state index is -3.61. The normalized spacial score (nSPS) is 30.9. The molecule has 2 atom stereocenters. The number of rotatable bonds is 2. The van der Waals surface area contributed by atoms with E-state index in [1.165, 1.54) is 0 Å². The van der Waals surface area contributed by atoms with Gasteiger partial charge in [0.15, 0.2) is 15.2 Å². The van der Waals surface area contributed by atoms with Crippen LogP contribution in [0.4, 0.5) is 0 Å². The van der Waals surface area contributed by atoms with Crippen LogP contribution in [-0.2, 0) is 19.4 Å². The molecule has 2 rings (SSSR count). The zero-order valence-electron chi connectivity index (χ0n) is 8.26. The highest BCUT2D eigenvalue weighted by Gasteiger charge is 2.59. The quantitative estimate of drug-likeness (QED) is 0.559. The standard InChI is InChI=1S/C8H7BrClNO5S/c9-1-3-2-17(15,16)7-4(10)6(12)11(7)5(3)8(13)14/h4,7H,1-2H2,(H,13,14)/t4-,7+/m0/s1. The molecule has 94 valence electrons. The number of nitrogens with zero attached hydrogens (tertiary/aromatic N) is 1. The number of hydrogen-bond donors (Lipinski definition) is 1. The Morgan fingerprint density at radius 1 is 1.59 bits per heavy atom. The van der Waals surface area contributed by atoms with E-state index in [2.05, 4.69) is 15.9 Å². The van der Waals surface area contributed by atoms with Crippen molar-refractivity contribution in [2.45, 2.75) is 10.8 Å². The van der Waals surface area contributed by atoms with E-state index in [0.29, 0.717) is 0 Å². The van der Waals surface area contributed by atoms with Crippen LogP contribution in [0.1, 0.15) is 0 Å². The molecule has 2 aliphatic heterocycles. The first kappa shape index (κ1) is 12.8. The Kier molecular flexibility index (Phi) is 2.99. The van der Waals surface area contributed by atoms with E-state index in [9.17, 15) is 18.0 Å². The van der Waals surface area contributed by atoms with Crippen molar-refractivity contribution in [2.75, 3.05) is 11.1 Å². The van der Waals surface area contributed by atoms with Crippen LogP contribution in [0.15, 0.2) is 11.3 Å². The number of aliphatic carboxylic acids is 1. The maximum absolute atomic E-state index is 11.8. The maximum Gasteiger partial charge on any atom is 0.352 e. The van der Waals surface area contributed by atoms with Gasteiger partial charge in [-0.3, -0.25) is 9.69 Å². The number of β-lactam (4-membered cyclic amide) rings is 1. The van der Waals surface area contributed by atoms with Gasteiger partial charge in [-0.1, -0.05) is 15.9 Å². The van der Waals surface area contributed by atoms with Gasteiger partial charge in [0, 0.05) is 5.33 Å². The minimum Gasteiger partial charge on any atom is -0.477 e. The molecule has 1 fully saturated rings. The molecule has 9 heteroatoms. The Morgan fingerprint density at radius 2 is 2.18 bits per heavy atom. The van der Waals surface area contributed by atoms with Gasteiger partial charge in [-0.15, -0.1) is 11.6 Å². The smallest absolute Gasteiger partial charge is 0.352 e. The van der Waals surface area contributed by atoms with Crippen molar-refractivity contribution < 1.29 is 23.1 Å². The highest BCUT2D eigenvalue weighted by Crippen LogP contribution is 2.39. The molecule has 0 aromatic carbocycles. The summed E-state index contributed by atoms with van der Waals surface area (Å²) in [6, 6.07) is 0. The number of carbonyl (C=O) groups excluding carboxylic acids is 1. The number of carboxylic acid groups (broad SMARTS) is 1. The topological polar surface area (TPSA) is 91.7 Å². The van der Waals surface area contributed by atoms with Gasteiger partial charge in [0.25, 0.3) is 0 Å². The molecule has 1 amide bonds. The molecule has 0 aromatic rings. The van der Waals surface area contributed by atoms with Crippen LogP contribution >= 0.6 is 27.5 Å². The lowest BCUT2D eigenvalue weighted by atomic mass is 10.1. The van der Waals surface area contributed by atoms with Crippen LogP contribution in [-0.4, -0.2) is 52.1 Å². The summed E-state index contributed by atoms with van der Waals surface area (Å²) in [5.41, 5.74) is -0.116. The Bertz CT molecular complexity index is 542. The molecule has 17 heavy (non-hydrogen) atoms. The minimum absolute atomic E-state index is 0.0807. The molecule has 0 spiro atoms. The largest absolute Gasteiger partial charge is 0.477 e. The molecule has 0 radical (unpaired) electrons. The summed E-state index contributed by atoms with van der Waals surface area (Å²) in [5, 5.41) is 6.67. The molecule has 1 N–H and O–H groups in total. The fourth-order valence-corrected chi connectivity index (χ4v) is 5.25. The van der Waals surface area contributed by atoms with Crippen LogP contribution < -0.4 is 0 Å². The first-order chi connectivity index (χ1) is 7.81. The van der Waals surface area contributed by atoms with Gasteiger partial charge in [-0.2, -0.15) is 0 Å². The van der Waals surface area contributed by atoms with Gasteiger partial charge in [-0.05, 0) is 5.57 Å². The van der Waals surface area contributed by atoms with Gasteiger partial charge >= 0.3 is 5.97 Å². The van der Waals surface area contributed by atoms with Crippen molar-refractivity contribution in [1.29, 1.82) is 0 Å². The highest BCUT2D eigenvalue weighted by molar-refractivity contribution is 9.09. The summed E-state index contributed by atoms with van der Waals surface area (Å²) >= 11 is 8.64. The summed E-state index contributed by atoms with van der Waals surface area (Å²) in [6.07, 6.45) is 0. The van der Waals surface area contributed by atoms with Crippen LogP contribution in [0.3, 0.4) is 0 Å². The average molecular weight is 345 g/mol. The number of carbonyl (C=O) groups is 2. The van der Waals surface area contributed by atoms with Crippen molar-refractivity contribution in [1.82, 2.24) is 4.90 Å². The Labute approximate surface area is 110 Å². The van der Waals surface area contributed by atoms with Crippen LogP contribution in [0.5, 0.6) is 0 Å². The Balaban J connectivity index is 2.59. The van der Waals surface area contributed by atoms with E-state index in [-0.39, 0.29) is 16.6 Å². The maximum atomic E-state index is 11.8. The molecule has 2 heterocycles. The number of carboxylic acids is 1. The molecule has 2 aliphatic rings. The van der Waals surface area contributed by atoms with Crippen molar-refractivity contribution in [2.24, 2.45) is 0 Å². The molecule has 0 aromatic heterocycles. The number of fused-ring (bicyclic) bond motifs is 1. The zero-order chi connectivity index (χ0) is 13.0. The SMILES string of the molecule is O=C(O)C1=C(CBr)CS(=O)(=O)[C@@H]2[C@@H](Cl)C(=O)N12. The fourth-order valence-electron chi connectivity index (χ4n) is 1.93. The molecule has 0 aliphatic carbocycles. The van der Waals surface area contributed by atoms with E-state index in [0.717, 1.165) is 4.90 Å². The van der Waals surface area contributed by atoms with E-state index < -0.39 is 38.2 Å². The third-order valence-electron chi connectivity index (χ3n) is 2.66. The molecule has 0 bridgehead atoms. The van der Waals surface area contributed by atoms with Crippen molar-refractivity contribution in [3.8, 4) is 0 Å².